The van der Waals surface area contributed by atoms with Crippen LogP contribution in [0.4, 0.5) is 5.82 Å². The molecule has 0 bridgehead atoms. The Bertz CT molecular complexity index is 521. The minimum Gasteiger partial charge on any atom is -0.423 e. The number of nitrogens with zero attached hydrogens (tertiary/aromatic N) is 2. The van der Waals surface area contributed by atoms with Crippen LogP contribution in [0.5, 0.6) is 11.8 Å². The Morgan fingerprint density at radius 3 is 2.81 bits per heavy atom. The molecule has 0 aliphatic carbocycles. The monoisotopic (exact) mass is 299 g/mol. The summed E-state index contributed by atoms with van der Waals surface area (Å²) in [6.07, 6.45) is 1.52. The third kappa shape index (κ3) is 2.62. The van der Waals surface area contributed by atoms with Crippen molar-refractivity contribution in [3.05, 3.63) is 40.0 Å². The average molecular weight is 301 g/mol. The van der Waals surface area contributed by atoms with E-state index >= 15 is 0 Å². The molecule has 4 nitrogen and oxygen atoms in total. The maximum atomic E-state index is 5.98. The van der Waals surface area contributed by atoms with Crippen molar-refractivity contribution >= 4 is 33.3 Å². The maximum absolute atomic E-state index is 5.98. The van der Waals surface area contributed by atoms with E-state index in [-0.39, 0.29) is 6.01 Å². The molecule has 2 aromatic rings. The molecule has 16 heavy (non-hydrogen) atoms. The molecular weight excluding hydrogens is 293 g/mol. The fraction of sp³-hybridized carbons (Fsp3) is 0. The summed E-state index contributed by atoms with van der Waals surface area (Å²) in [7, 11) is 0. The van der Waals surface area contributed by atoms with Crippen molar-refractivity contribution in [3.8, 4) is 11.8 Å². The second kappa shape index (κ2) is 4.67. The summed E-state index contributed by atoms with van der Waals surface area (Å²) < 4.78 is 6.26. The zero-order chi connectivity index (χ0) is 11.5. The van der Waals surface area contributed by atoms with Gasteiger partial charge in [0.25, 0.3) is 0 Å². The Kier molecular flexibility index (Phi) is 3.26. The Morgan fingerprint density at radius 2 is 2.12 bits per heavy atom. The smallest absolute Gasteiger partial charge is 0.323 e. The Hall–Kier alpha value is -1.33. The predicted molar refractivity (Wildman–Crippen MR) is 65.7 cm³/mol. The lowest BCUT2D eigenvalue weighted by Crippen LogP contribution is -1.95. The molecule has 0 spiro atoms. The fourth-order valence-corrected chi connectivity index (χ4v) is 1.77. The highest BCUT2D eigenvalue weighted by molar-refractivity contribution is 9.10. The molecule has 6 heteroatoms. The minimum atomic E-state index is 0.171. The van der Waals surface area contributed by atoms with E-state index in [1.54, 1.807) is 18.2 Å². The van der Waals surface area contributed by atoms with Crippen LogP contribution in [0.15, 0.2) is 34.9 Å². The van der Waals surface area contributed by atoms with Gasteiger partial charge in [-0.25, -0.2) is 4.98 Å². The zero-order valence-electron chi connectivity index (χ0n) is 8.02. The SMILES string of the molecule is Nc1ccnc(Oc2ccc(Br)cc2Cl)n1. The van der Waals surface area contributed by atoms with Crippen molar-refractivity contribution in [2.45, 2.75) is 0 Å². The lowest BCUT2D eigenvalue weighted by molar-refractivity contribution is 0.443. The summed E-state index contributed by atoms with van der Waals surface area (Å²) in [5.74, 6) is 0.828. The minimum absolute atomic E-state index is 0.171. The molecule has 0 atom stereocenters. The fourth-order valence-electron chi connectivity index (χ4n) is 1.06. The van der Waals surface area contributed by atoms with Crippen molar-refractivity contribution in [2.75, 3.05) is 5.73 Å². The van der Waals surface area contributed by atoms with Gasteiger partial charge in [-0.15, -0.1) is 0 Å². The first-order valence-electron chi connectivity index (χ1n) is 4.36. The van der Waals surface area contributed by atoms with Crippen molar-refractivity contribution < 1.29 is 4.74 Å². The molecule has 0 amide bonds. The molecule has 0 radical (unpaired) electrons. The number of aromatic nitrogens is 2. The second-order valence-corrected chi connectivity index (χ2v) is 4.26. The highest BCUT2D eigenvalue weighted by atomic mass is 79.9. The van der Waals surface area contributed by atoms with Crippen LogP contribution in [-0.2, 0) is 0 Å². The van der Waals surface area contributed by atoms with Crippen LogP contribution in [0, 0.1) is 0 Å². The molecule has 82 valence electrons. The summed E-state index contributed by atoms with van der Waals surface area (Å²) in [6.45, 7) is 0. The number of rotatable bonds is 2. The highest BCUT2D eigenvalue weighted by Gasteiger charge is 2.05. The van der Waals surface area contributed by atoms with Gasteiger partial charge in [-0.3, -0.25) is 0 Å². The third-order valence-electron chi connectivity index (χ3n) is 1.75. The summed E-state index contributed by atoms with van der Waals surface area (Å²) in [6, 6.07) is 7.01. The van der Waals surface area contributed by atoms with Gasteiger partial charge in [0, 0.05) is 10.7 Å². The molecule has 0 unspecified atom stereocenters. The van der Waals surface area contributed by atoms with E-state index in [1.165, 1.54) is 6.20 Å². The Balaban J connectivity index is 2.27. The number of hydrogen-bond donors (Lipinski definition) is 1. The van der Waals surface area contributed by atoms with Crippen molar-refractivity contribution in [1.82, 2.24) is 9.97 Å². The van der Waals surface area contributed by atoms with E-state index in [4.69, 9.17) is 22.1 Å². The van der Waals surface area contributed by atoms with Gasteiger partial charge >= 0.3 is 6.01 Å². The van der Waals surface area contributed by atoms with Crippen LogP contribution in [0.1, 0.15) is 0 Å². The van der Waals surface area contributed by atoms with E-state index in [0.717, 1.165) is 4.47 Å². The summed E-state index contributed by atoms with van der Waals surface area (Å²) >= 11 is 9.28. The molecule has 2 N–H and O–H groups in total. The van der Waals surface area contributed by atoms with Crippen LogP contribution in [-0.4, -0.2) is 9.97 Å². The summed E-state index contributed by atoms with van der Waals surface area (Å²) in [5, 5.41) is 0.473. The van der Waals surface area contributed by atoms with E-state index in [2.05, 4.69) is 25.9 Å². The molecule has 0 saturated heterocycles. The topological polar surface area (TPSA) is 61.0 Å². The largest absolute Gasteiger partial charge is 0.423 e. The van der Waals surface area contributed by atoms with Crippen LogP contribution >= 0.6 is 27.5 Å². The van der Waals surface area contributed by atoms with Gasteiger partial charge in [0.05, 0.1) is 5.02 Å². The lowest BCUT2D eigenvalue weighted by atomic mass is 10.3. The Morgan fingerprint density at radius 1 is 1.31 bits per heavy atom. The number of anilines is 1. The van der Waals surface area contributed by atoms with Crippen LogP contribution < -0.4 is 10.5 Å². The van der Waals surface area contributed by atoms with Gasteiger partial charge in [0.2, 0.25) is 0 Å². The normalized spacial score (nSPS) is 10.1. The molecule has 0 fully saturated rings. The molecule has 0 aliphatic heterocycles. The molecule has 2 rings (SSSR count). The molecule has 0 saturated carbocycles. The summed E-state index contributed by atoms with van der Waals surface area (Å²) in [4.78, 5) is 7.82. The van der Waals surface area contributed by atoms with Crippen molar-refractivity contribution in [2.24, 2.45) is 0 Å². The molecule has 1 aromatic heterocycles. The molecular formula is C10H7BrClN3O. The number of nitrogen functional groups attached to an aromatic ring is 1. The van der Waals surface area contributed by atoms with Crippen molar-refractivity contribution in [1.29, 1.82) is 0 Å². The first-order chi connectivity index (χ1) is 7.65. The lowest BCUT2D eigenvalue weighted by Gasteiger charge is -2.05. The molecule has 1 heterocycles. The zero-order valence-corrected chi connectivity index (χ0v) is 10.4. The number of ether oxygens (including phenoxy) is 1. The van der Waals surface area contributed by atoms with E-state index in [0.29, 0.717) is 16.6 Å². The maximum Gasteiger partial charge on any atom is 0.323 e. The highest BCUT2D eigenvalue weighted by Crippen LogP contribution is 2.30. The number of halogens is 2. The predicted octanol–water partition coefficient (Wildman–Crippen LogP) is 3.27. The van der Waals surface area contributed by atoms with E-state index in [9.17, 15) is 0 Å². The molecule has 0 aliphatic rings. The van der Waals surface area contributed by atoms with Gasteiger partial charge < -0.3 is 10.5 Å². The van der Waals surface area contributed by atoms with E-state index < -0.39 is 0 Å². The van der Waals surface area contributed by atoms with Gasteiger partial charge in [-0.05, 0) is 24.3 Å². The number of nitrogens with two attached hydrogens (primary N) is 1. The van der Waals surface area contributed by atoms with Crippen LogP contribution in [0.25, 0.3) is 0 Å². The second-order valence-electron chi connectivity index (χ2n) is 2.94. The van der Waals surface area contributed by atoms with Crippen LogP contribution in [0.2, 0.25) is 5.02 Å². The van der Waals surface area contributed by atoms with Gasteiger partial charge in [0.1, 0.15) is 11.6 Å². The first-order valence-corrected chi connectivity index (χ1v) is 5.53. The van der Waals surface area contributed by atoms with Gasteiger partial charge in [-0.2, -0.15) is 4.98 Å². The average Bonchev–Trinajstić information content (AvgIpc) is 2.22. The van der Waals surface area contributed by atoms with E-state index in [1.807, 2.05) is 6.07 Å². The number of hydrogen-bond acceptors (Lipinski definition) is 4. The molecule has 1 aromatic carbocycles. The standard InChI is InChI=1S/C10H7BrClN3O/c11-6-1-2-8(7(12)5-6)16-10-14-4-3-9(13)15-10/h1-5H,(H2,13,14,15). The van der Waals surface area contributed by atoms with Gasteiger partial charge in [-0.1, -0.05) is 27.5 Å². The summed E-state index contributed by atoms with van der Waals surface area (Å²) in [5.41, 5.74) is 5.50. The van der Waals surface area contributed by atoms with Crippen LogP contribution in [0.3, 0.4) is 0 Å². The van der Waals surface area contributed by atoms with Crippen molar-refractivity contribution in [3.63, 3.8) is 0 Å². The third-order valence-corrected chi connectivity index (χ3v) is 2.54. The number of benzene rings is 1. The van der Waals surface area contributed by atoms with Gasteiger partial charge in [0.15, 0.2) is 0 Å². The Labute approximate surface area is 106 Å². The quantitative estimate of drug-likeness (QED) is 0.924. The first kappa shape index (κ1) is 11.2.